The molecule has 2 amide bonds. The first-order valence-electron chi connectivity index (χ1n) is 9.07. The van der Waals surface area contributed by atoms with E-state index in [0.717, 1.165) is 16.8 Å². The number of hydrogen-bond acceptors (Lipinski definition) is 3. The molecule has 5 nitrogen and oxygen atoms in total. The van der Waals surface area contributed by atoms with Crippen LogP contribution in [0.15, 0.2) is 48.5 Å². The quantitative estimate of drug-likeness (QED) is 0.832. The Balaban J connectivity index is 2.13. The molecule has 1 saturated heterocycles. The summed E-state index contributed by atoms with van der Waals surface area (Å²) in [4.78, 5) is 29.9. The van der Waals surface area contributed by atoms with Gasteiger partial charge in [0.15, 0.2) is 0 Å². The van der Waals surface area contributed by atoms with Crippen molar-refractivity contribution in [3.05, 3.63) is 59.7 Å². The number of aryl methyl sites for hydroxylation is 1. The first-order valence-corrected chi connectivity index (χ1v) is 9.07. The minimum absolute atomic E-state index is 0.0727. The topological polar surface area (TPSA) is 49.9 Å². The molecule has 2 aromatic rings. The van der Waals surface area contributed by atoms with E-state index < -0.39 is 11.6 Å². The maximum Gasteiger partial charge on any atom is 0.251 e. The predicted molar refractivity (Wildman–Crippen MR) is 106 cm³/mol. The fourth-order valence-electron chi connectivity index (χ4n) is 3.44. The highest BCUT2D eigenvalue weighted by Crippen LogP contribution is 2.36. The van der Waals surface area contributed by atoms with Crippen LogP contribution in [0.5, 0.6) is 5.75 Å². The van der Waals surface area contributed by atoms with Gasteiger partial charge in [0.2, 0.25) is 5.91 Å². The summed E-state index contributed by atoms with van der Waals surface area (Å²) in [6.07, 6.45) is 0. The molecule has 0 unspecified atom stereocenters. The highest BCUT2D eigenvalue weighted by molar-refractivity contribution is 6.07. The third-order valence-corrected chi connectivity index (χ3v) is 4.94. The summed E-state index contributed by atoms with van der Waals surface area (Å²) in [6, 6.07) is 14.3. The van der Waals surface area contributed by atoms with Crippen molar-refractivity contribution in [1.29, 1.82) is 0 Å². The van der Waals surface area contributed by atoms with Gasteiger partial charge in [0.05, 0.1) is 7.11 Å². The van der Waals surface area contributed by atoms with Crippen LogP contribution in [0.1, 0.15) is 37.9 Å². The zero-order valence-corrected chi connectivity index (χ0v) is 16.5. The second kappa shape index (κ2) is 7.06. The number of carbonyl (C=O) groups excluding carboxylic acids is 2. The minimum Gasteiger partial charge on any atom is -0.497 e. The van der Waals surface area contributed by atoms with E-state index in [1.165, 1.54) is 0 Å². The van der Waals surface area contributed by atoms with Crippen LogP contribution >= 0.6 is 0 Å². The summed E-state index contributed by atoms with van der Waals surface area (Å²) < 4.78 is 5.23. The molecule has 27 heavy (non-hydrogen) atoms. The number of benzene rings is 2. The molecule has 0 aliphatic carbocycles. The van der Waals surface area contributed by atoms with Crippen LogP contribution in [0.25, 0.3) is 0 Å². The van der Waals surface area contributed by atoms with Gasteiger partial charge in [-0.25, -0.2) is 0 Å². The Morgan fingerprint density at radius 1 is 1.00 bits per heavy atom. The van der Waals surface area contributed by atoms with Crippen molar-refractivity contribution in [2.24, 2.45) is 0 Å². The lowest BCUT2D eigenvalue weighted by Gasteiger charge is -2.46. The van der Waals surface area contributed by atoms with Gasteiger partial charge in [-0.05, 0) is 57.0 Å². The van der Waals surface area contributed by atoms with E-state index in [-0.39, 0.29) is 18.4 Å². The fraction of sp³-hybridized carbons (Fsp3) is 0.364. The number of ether oxygens (including phenoxy) is 1. The lowest BCUT2D eigenvalue weighted by Crippen LogP contribution is -2.61. The van der Waals surface area contributed by atoms with Gasteiger partial charge in [-0.1, -0.05) is 30.3 Å². The predicted octanol–water partition coefficient (Wildman–Crippen LogP) is 3.72. The Labute approximate surface area is 160 Å². The molecule has 142 valence electrons. The van der Waals surface area contributed by atoms with Gasteiger partial charge in [-0.15, -0.1) is 0 Å². The number of para-hydroxylation sites is 1. The van der Waals surface area contributed by atoms with Crippen molar-refractivity contribution < 1.29 is 14.3 Å². The molecule has 0 N–H and O–H groups in total. The number of hydrogen-bond donors (Lipinski definition) is 0. The Kier molecular flexibility index (Phi) is 4.96. The van der Waals surface area contributed by atoms with Crippen LogP contribution in [-0.2, 0) is 9.59 Å². The average molecular weight is 366 g/mol. The lowest BCUT2D eigenvalue weighted by atomic mass is 9.95. The molecule has 0 aromatic heterocycles. The lowest BCUT2D eigenvalue weighted by molar-refractivity contribution is -0.146. The van der Waals surface area contributed by atoms with Crippen LogP contribution in [0.2, 0.25) is 0 Å². The molecule has 3 rings (SSSR count). The third-order valence-electron chi connectivity index (χ3n) is 4.94. The number of methoxy groups -OCH3 is 1. The Hall–Kier alpha value is -2.82. The molecule has 1 aliphatic rings. The number of piperazine rings is 1. The van der Waals surface area contributed by atoms with Gasteiger partial charge >= 0.3 is 0 Å². The normalized spacial score (nSPS) is 18.0. The van der Waals surface area contributed by atoms with Gasteiger partial charge in [0.25, 0.3) is 5.91 Å². The van der Waals surface area contributed by atoms with E-state index in [9.17, 15) is 9.59 Å². The molecule has 0 saturated carbocycles. The molecule has 0 bridgehead atoms. The van der Waals surface area contributed by atoms with Crippen LogP contribution in [0, 0.1) is 6.92 Å². The van der Waals surface area contributed by atoms with Crippen molar-refractivity contribution in [1.82, 2.24) is 4.90 Å². The fourth-order valence-corrected chi connectivity index (χ4v) is 3.44. The number of rotatable bonds is 3. The summed E-state index contributed by atoms with van der Waals surface area (Å²) in [5, 5.41) is 0. The van der Waals surface area contributed by atoms with Crippen LogP contribution < -0.4 is 9.64 Å². The molecule has 1 heterocycles. The average Bonchev–Trinajstić information content (AvgIpc) is 2.63. The second-order valence-corrected chi connectivity index (χ2v) is 7.82. The third kappa shape index (κ3) is 3.54. The smallest absolute Gasteiger partial charge is 0.251 e. The van der Waals surface area contributed by atoms with E-state index in [1.54, 1.807) is 16.9 Å². The Bertz CT molecular complexity index is 853. The molecule has 0 spiro atoms. The van der Waals surface area contributed by atoms with Crippen LogP contribution in [0.3, 0.4) is 0 Å². The van der Waals surface area contributed by atoms with Gasteiger partial charge in [-0.2, -0.15) is 0 Å². The SMILES string of the molecule is COc1ccc([C@@H]2C(=O)N(C(C)(C)C)CC(=O)N2c2ccccc2C)cc1. The van der Waals surface area contributed by atoms with Crippen molar-refractivity contribution in [3.8, 4) is 5.75 Å². The van der Waals surface area contributed by atoms with Crippen molar-refractivity contribution in [2.75, 3.05) is 18.6 Å². The van der Waals surface area contributed by atoms with Gasteiger partial charge in [0.1, 0.15) is 18.3 Å². The standard InChI is InChI=1S/C22H26N2O3/c1-15-8-6-7-9-18(15)24-19(25)14-23(22(2,3)4)21(26)20(24)16-10-12-17(27-5)13-11-16/h6-13,20H,14H2,1-5H3/t20-/m1/s1. The monoisotopic (exact) mass is 366 g/mol. The first kappa shape index (κ1) is 19.0. The van der Waals surface area contributed by atoms with Crippen LogP contribution in [0.4, 0.5) is 5.69 Å². The first-order chi connectivity index (χ1) is 12.7. The van der Waals surface area contributed by atoms with E-state index in [4.69, 9.17) is 4.74 Å². The summed E-state index contributed by atoms with van der Waals surface area (Å²) in [6.45, 7) is 7.88. The number of amides is 2. The minimum atomic E-state index is -0.697. The summed E-state index contributed by atoms with van der Waals surface area (Å²) in [7, 11) is 1.60. The molecule has 0 radical (unpaired) electrons. The number of carbonyl (C=O) groups is 2. The molecule has 2 aromatic carbocycles. The molecule has 5 heteroatoms. The van der Waals surface area contributed by atoms with E-state index >= 15 is 0 Å². The largest absolute Gasteiger partial charge is 0.497 e. The van der Waals surface area contributed by atoms with Crippen molar-refractivity contribution in [2.45, 2.75) is 39.3 Å². The highest BCUT2D eigenvalue weighted by atomic mass is 16.5. The van der Waals surface area contributed by atoms with Gasteiger partial charge in [-0.3, -0.25) is 14.5 Å². The second-order valence-electron chi connectivity index (χ2n) is 7.82. The molecular weight excluding hydrogens is 340 g/mol. The molecule has 1 atom stereocenters. The maximum absolute atomic E-state index is 13.5. The molecule has 1 fully saturated rings. The Morgan fingerprint density at radius 2 is 1.63 bits per heavy atom. The summed E-state index contributed by atoms with van der Waals surface area (Å²) >= 11 is 0. The van der Waals surface area contributed by atoms with E-state index in [2.05, 4.69) is 0 Å². The van der Waals surface area contributed by atoms with E-state index in [1.807, 2.05) is 76.2 Å². The van der Waals surface area contributed by atoms with Crippen molar-refractivity contribution >= 4 is 17.5 Å². The van der Waals surface area contributed by atoms with Crippen LogP contribution in [-0.4, -0.2) is 35.9 Å². The maximum atomic E-state index is 13.5. The van der Waals surface area contributed by atoms with Gasteiger partial charge < -0.3 is 9.64 Å². The number of anilines is 1. The van der Waals surface area contributed by atoms with Gasteiger partial charge in [0, 0.05) is 11.2 Å². The highest BCUT2D eigenvalue weighted by Gasteiger charge is 2.44. The summed E-state index contributed by atoms with van der Waals surface area (Å²) in [5.41, 5.74) is 2.06. The Morgan fingerprint density at radius 3 is 2.19 bits per heavy atom. The summed E-state index contributed by atoms with van der Waals surface area (Å²) in [5.74, 6) is 0.554. The molecular formula is C22H26N2O3. The zero-order valence-electron chi connectivity index (χ0n) is 16.5. The number of nitrogens with zero attached hydrogens (tertiary/aromatic N) is 2. The van der Waals surface area contributed by atoms with E-state index in [0.29, 0.717) is 5.75 Å². The zero-order chi connectivity index (χ0) is 19.8. The molecule has 1 aliphatic heterocycles. The van der Waals surface area contributed by atoms with Crippen molar-refractivity contribution in [3.63, 3.8) is 0 Å².